The van der Waals surface area contributed by atoms with Gasteiger partial charge in [-0.05, 0) is 17.0 Å². The van der Waals surface area contributed by atoms with Gasteiger partial charge < -0.3 is 0 Å². The summed E-state index contributed by atoms with van der Waals surface area (Å²) < 4.78 is 0. The molecule has 0 aromatic heterocycles. The fourth-order valence-electron chi connectivity index (χ4n) is 3.31. The van der Waals surface area contributed by atoms with Gasteiger partial charge in [0, 0.05) is 25.8 Å². The molecule has 3 heteroatoms. The largest absolute Gasteiger partial charge is 0.262 e. The maximum absolute atomic E-state index is 3.70. The zero-order chi connectivity index (χ0) is 12.9. The first-order chi connectivity index (χ1) is 8.54. The molecule has 112 valence electrons. The third kappa shape index (κ3) is 3.16. The van der Waals surface area contributed by atoms with Crippen molar-refractivity contribution in [2.45, 2.75) is 33.6 Å². The van der Waals surface area contributed by atoms with E-state index in [2.05, 4.69) is 70.2 Å². The standard InChI is InChI=1S/C18H19.2ClH.Hf/c1-12-11-18(4,14(3)13(12)2)17-10-9-15-7-5-6-8-16(15)17;;;/h5-10,17H,1-4H3;2*1H;/q-1;;;. The maximum atomic E-state index is 3.70. The Labute approximate surface area is 159 Å². The van der Waals surface area contributed by atoms with Crippen molar-refractivity contribution < 1.29 is 25.8 Å². The molecule has 21 heavy (non-hydrogen) atoms. The minimum absolute atomic E-state index is 0. The van der Waals surface area contributed by atoms with Crippen LogP contribution in [0.25, 0.3) is 6.08 Å². The van der Waals surface area contributed by atoms with E-state index in [1.807, 2.05) is 0 Å². The Kier molecular flexibility index (Phi) is 7.40. The summed E-state index contributed by atoms with van der Waals surface area (Å²) in [5.74, 6) is 0.432. The van der Waals surface area contributed by atoms with E-state index in [1.165, 1.54) is 27.8 Å². The predicted molar refractivity (Wildman–Crippen MR) is 91.6 cm³/mol. The number of halogens is 2. The second-order valence-electron chi connectivity index (χ2n) is 5.67. The van der Waals surface area contributed by atoms with E-state index in [-0.39, 0.29) is 56.1 Å². The summed E-state index contributed by atoms with van der Waals surface area (Å²) in [5, 5.41) is 0. The van der Waals surface area contributed by atoms with Crippen LogP contribution in [0.3, 0.4) is 0 Å². The zero-order valence-electron chi connectivity index (χ0n) is 12.9. The van der Waals surface area contributed by atoms with Gasteiger partial charge in [0.15, 0.2) is 0 Å². The topological polar surface area (TPSA) is 0 Å². The van der Waals surface area contributed by atoms with E-state index < -0.39 is 0 Å². The molecule has 0 saturated carbocycles. The summed E-state index contributed by atoms with van der Waals surface area (Å²) >= 11 is 0. The average Bonchev–Trinajstić information content (AvgIpc) is 2.87. The smallest absolute Gasteiger partial charge is 0 e. The molecule has 0 fully saturated rings. The van der Waals surface area contributed by atoms with Crippen molar-refractivity contribution in [1.82, 2.24) is 0 Å². The van der Waals surface area contributed by atoms with Crippen LogP contribution in [0.1, 0.15) is 44.7 Å². The molecule has 0 aliphatic heterocycles. The number of fused-ring (bicyclic) bond motifs is 1. The third-order valence-corrected chi connectivity index (χ3v) is 4.77. The molecule has 0 spiro atoms. The molecule has 2 atom stereocenters. The van der Waals surface area contributed by atoms with E-state index >= 15 is 0 Å². The molecule has 2 unspecified atom stereocenters. The van der Waals surface area contributed by atoms with Crippen molar-refractivity contribution in [3.63, 3.8) is 0 Å². The summed E-state index contributed by atoms with van der Waals surface area (Å²) in [6, 6.07) is 8.71. The molecule has 3 rings (SSSR count). The SMILES string of the molecule is CC1=[C-]C(C)(C2C=Cc3ccccc32)C(C)=C1C.Cl.Cl.[Hf]. The van der Waals surface area contributed by atoms with Crippen molar-refractivity contribution in [2.24, 2.45) is 5.41 Å². The summed E-state index contributed by atoms with van der Waals surface area (Å²) in [4.78, 5) is 0. The molecule has 0 nitrogen and oxygen atoms in total. The van der Waals surface area contributed by atoms with E-state index in [0.29, 0.717) is 5.92 Å². The second kappa shape index (κ2) is 7.44. The molecule has 1 aromatic rings. The molecule has 2 aliphatic rings. The molecule has 2 aliphatic carbocycles. The summed E-state index contributed by atoms with van der Waals surface area (Å²) in [6.07, 6.45) is 8.30. The monoisotopic (exact) mass is 487 g/mol. The van der Waals surface area contributed by atoms with Gasteiger partial charge in [-0.3, -0.25) is 6.08 Å². The fourth-order valence-corrected chi connectivity index (χ4v) is 3.31. The zero-order valence-corrected chi connectivity index (χ0v) is 18.1. The Morgan fingerprint density at radius 2 is 1.67 bits per heavy atom. The first-order valence-electron chi connectivity index (χ1n) is 6.61. The van der Waals surface area contributed by atoms with E-state index in [9.17, 15) is 0 Å². The summed E-state index contributed by atoms with van der Waals surface area (Å²) in [6.45, 7) is 8.97. The van der Waals surface area contributed by atoms with Crippen LogP contribution in [0.2, 0.25) is 0 Å². The number of hydrogen-bond acceptors (Lipinski definition) is 0. The van der Waals surface area contributed by atoms with E-state index in [0.717, 1.165) is 0 Å². The van der Waals surface area contributed by atoms with Gasteiger partial charge in [0.1, 0.15) is 0 Å². The van der Waals surface area contributed by atoms with Crippen LogP contribution < -0.4 is 0 Å². The van der Waals surface area contributed by atoms with Crippen LogP contribution in [-0.4, -0.2) is 0 Å². The molecule has 0 radical (unpaired) electrons. The van der Waals surface area contributed by atoms with Gasteiger partial charge in [0.25, 0.3) is 0 Å². The number of benzene rings is 1. The van der Waals surface area contributed by atoms with Crippen molar-refractivity contribution in [3.05, 3.63) is 64.3 Å². The predicted octanol–water partition coefficient (Wildman–Crippen LogP) is 5.74. The third-order valence-electron chi connectivity index (χ3n) is 4.77. The van der Waals surface area contributed by atoms with Crippen molar-refractivity contribution >= 4 is 30.9 Å². The molecule has 0 amide bonds. The van der Waals surface area contributed by atoms with E-state index in [1.54, 1.807) is 0 Å². The Hall–Kier alpha value is -0.110. The Bertz CT molecular complexity index is 613. The van der Waals surface area contributed by atoms with E-state index in [4.69, 9.17) is 0 Å². The molecule has 1 aromatic carbocycles. The van der Waals surface area contributed by atoms with Crippen LogP contribution >= 0.6 is 24.8 Å². The quantitative estimate of drug-likeness (QED) is 0.351. The number of allylic oxidation sites excluding steroid dienone is 5. The second-order valence-corrected chi connectivity index (χ2v) is 5.67. The van der Waals surface area contributed by atoms with Crippen LogP contribution in [0.4, 0.5) is 0 Å². The van der Waals surface area contributed by atoms with Crippen molar-refractivity contribution in [1.29, 1.82) is 0 Å². The van der Waals surface area contributed by atoms with Crippen LogP contribution in [-0.2, 0) is 25.8 Å². The molecule has 0 N–H and O–H groups in total. The number of hydrogen-bond donors (Lipinski definition) is 0. The van der Waals surface area contributed by atoms with Gasteiger partial charge in [0.05, 0.1) is 0 Å². The van der Waals surface area contributed by atoms with Crippen molar-refractivity contribution in [3.8, 4) is 0 Å². The first-order valence-corrected chi connectivity index (χ1v) is 6.61. The minimum atomic E-state index is 0. The maximum Gasteiger partial charge on any atom is 0 e. The van der Waals surface area contributed by atoms with Gasteiger partial charge in [-0.2, -0.15) is 11.1 Å². The van der Waals surface area contributed by atoms with Gasteiger partial charge in [-0.1, -0.05) is 62.6 Å². The normalized spacial score (nSPS) is 25.5. The molecule has 0 saturated heterocycles. The van der Waals surface area contributed by atoms with Gasteiger partial charge in [-0.25, -0.2) is 5.57 Å². The van der Waals surface area contributed by atoms with Crippen LogP contribution in [0.5, 0.6) is 0 Å². The first kappa shape index (κ1) is 20.9. The van der Waals surface area contributed by atoms with Crippen molar-refractivity contribution in [2.75, 3.05) is 0 Å². The molecule has 0 heterocycles. The Morgan fingerprint density at radius 1 is 1.05 bits per heavy atom. The average molecular weight is 487 g/mol. The Balaban J connectivity index is 0.00000133. The van der Waals surface area contributed by atoms with Crippen LogP contribution in [0, 0.1) is 11.5 Å². The summed E-state index contributed by atoms with van der Waals surface area (Å²) in [7, 11) is 0. The summed E-state index contributed by atoms with van der Waals surface area (Å²) in [5.41, 5.74) is 7.02. The molecular formula is C18H21Cl2Hf-. The number of rotatable bonds is 1. The fraction of sp³-hybridized carbons (Fsp3) is 0.333. The molecular weight excluding hydrogens is 466 g/mol. The molecule has 0 bridgehead atoms. The van der Waals surface area contributed by atoms with Crippen LogP contribution in [0.15, 0.2) is 47.1 Å². The minimum Gasteiger partial charge on any atom is -0.262 e. The Morgan fingerprint density at radius 3 is 2.24 bits per heavy atom. The van der Waals surface area contributed by atoms with Gasteiger partial charge >= 0.3 is 0 Å². The van der Waals surface area contributed by atoms with Gasteiger partial charge in [0.2, 0.25) is 0 Å². The van der Waals surface area contributed by atoms with Gasteiger partial charge in [-0.15, -0.1) is 31.7 Å².